The summed E-state index contributed by atoms with van der Waals surface area (Å²) in [6.07, 6.45) is 7.35. The summed E-state index contributed by atoms with van der Waals surface area (Å²) in [5, 5.41) is 6.59. The first-order valence-electron chi connectivity index (χ1n) is 7.18. The van der Waals surface area contributed by atoms with Crippen LogP contribution >= 0.6 is 24.0 Å². The topological polar surface area (TPSA) is 82.6 Å². The highest BCUT2D eigenvalue weighted by Crippen LogP contribution is 2.17. The van der Waals surface area contributed by atoms with Crippen molar-refractivity contribution in [1.82, 2.24) is 15.4 Å². The van der Waals surface area contributed by atoms with Crippen LogP contribution in [0.2, 0.25) is 0 Å². The van der Waals surface area contributed by atoms with Gasteiger partial charge in [0.15, 0.2) is 5.96 Å². The number of hydrogen-bond donors (Lipinski definition) is 3. The molecule has 8 heteroatoms. The molecule has 1 rings (SSSR count). The summed E-state index contributed by atoms with van der Waals surface area (Å²) in [5.74, 6) is 0.736. The number of aliphatic imine (C=N–C) groups is 1. The van der Waals surface area contributed by atoms with Crippen LogP contribution < -0.4 is 15.4 Å². The molecule has 1 aliphatic rings. The van der Waals surface area contributed by atoms with Crippen LogP contribution in [0.15, 0.2) is 4.99 Å². The quantitative estimate of drug-likeness (QED) is 0.349. The van der Waals surface area contributed by atoms with Gasteiger partial charge >= 0.3 is 0 Å². The smallest absolute Gasteiger partial charge is 0.209 e. The number of nitrogens with zero attached hydrogens (tertiary/aromatic N) is 1. The van der Waals surface area contributed by atoms with Gasteiger partial charge in [0.1, 0.15) is 0 Å². The molecule has 0 saturated heterocycles. The van der Waals surface area contributed by atoms with Gasteiger partial charge in [-0.2, -0.15) is 0 Å². The van der Waals surface area contributed by atoms with Gasteiger partial charge in [0.25, 0.3) is 0 Å². The molecule has 0 atom stereocenters. The average Bonchev–Trinajstić information content (AvgIpc) is 2.33. The molecule has 1 aliphatic carbocycles. The predicted octanol–water partition coefficient (Wildman–Crippen LogP) is 1.43. The van der Waals surface area contributed by atoms with Crippen LogP contribution in [0.25, 0.3) is 0 Å². The molecule has 1 saturated carbocycles. The number of halogens is 1. The van der Waals surface area contributed by atoms with Crippen molar-refractivity contribution < 1.29 is 8.42 Å². The Hall–Kier alpha value is -0.0900. The van der Waals surface area contributed by atoms with Crippen molar-refractivity contribution in [2.75, 3.05) is 19.8 Å². The second kappa shape index (κ2) is 9.14. The maximum absolute atomic E-state index is 11.3. The standard InChI is InChI=1S/C13H28N4O2S.HI/c1-13(2,17-20(4,18)19)10-15-12(14-3)16-11-8-6-5-7-9-11;/h11,17H,5-10H2,1-4H3,(H2,14,15,16);1H. The van der Waals surface area contributed by atoms with E-state index in [-0.39, 0.29) is 24.0 Å². The lowest BCUT2D eigenvalue weighted by Gasteiger charge is -2.29. The van der Waals surface area contributed by atoms with Crippen LogP contribution in [0.5, 0.6) is 0 Å². The van der Waals surface area contributed by atoms with Gasteiger partial charge in [0.05, 0.1) is 6.26 Å². The Balaban J connectivity index is 0.00000400. The van der Waals surface area contributed by atoms with Crippen LogP contribution in [0.1, 0.15) is 46.0 Å². The summed E-state index contributed by atoms with van der Waals surface area (Å²) < 4.78 is 25.2. The third-order valence-corrected chi connectivity index (χ3v) is 4.25. The van der Waals surface area contributed by atoms with E-state index in [0.29, 0.717) is 12.6 Å². The Bertz CT molecular complexity index is 431. The first kappa shape index (κ1) is 20.9. The van der Waals surface area contributed by atoms with E-state index in [1.165, 1.54) is 38.4 Å². The van der Waals surface area contributed by atoms with Crippen molar-refractivity contribution in [2.24, 2.45) is 4.99 Å². The molecule has 0 aliphatic heterocycles. The Morgan fingerprint density at radius 2 is 1.81 bits per heavy atom. The fraction of sp³-hybridized carbons (Fsp3) is 0.923. The van der Waals surface area contributed by atoms with Gasteiger partial charge in [-0.1, -0.05) is 19.3 Å². The first-order valence-corrected chi connectivity index (χ1v) is 9.07. The average molecular weight is 432 g/mol. The summed E-state index contributed by atoms with van der Waals surface area (Å²) in [6, 6.07) is 0.473. The van der Waals surface area contributed by atoms with Crippen molar-refractivity contribution in [3.8, 4) is 0 Å². The molecule has 0 spiro atoms. The number of sulfonamides is 1. The zero-order valence-corrected chi connectivity index (χ0v) is 16.5. The summed E-state index contributed by atoms with van der Waals surface area (Å²) >= 11 is 0. The van der Waals surface area contributed by atoms with E-state index in [0.717, 1.165) is 5.96 Å². The molecule has 3 N–H and O–H groups in total. The van der Waals surface area contributed by atoms with Gasteiger partial charge in [0.2, 0.25) is 10.0 Å². The van der Waals surface area contributed by atoms with Crippen LogP contribution in [0, 0.1) is 0 Å². The van der Waals surface area contributed by atoms with Crippen LogP contribution in [0.4, 0.5) is 0 Å². The molecule has 126 valence electrons. The Morgan fingerprint density at radius 3 is 2.29 bits per heavy atom. The van der Waals surface area contributed by atoms with E-state index < -0.39 is 15.6 Å². The lowest BCUT2D eigenvalue weighted by atomic mass is 9.96. The number of guanidine groups is 1. The minimum Gasteiger partial charge on any atom is -0.355 e. The van der Waals surface area contributed by atoms with E-state index in [2.05, 4.69) is 20.3 Å². The summed E-state index contributed by atoms with van der Waals surface area (Å²) in [7, 11) is -1.48. The Labute approximate surface area is 146 Å². The van der Waals surface area contributed by atoms with Crippen molar-refractivity contribution in [1.29, 1.82) is 0 Å². The van der Waals surface area contributed by atoms with Crippen molar-refractivity contribution in [3.63, 3.8) is 0 Å². The second-order valence-electron chi connectivity index (χ2n) is 6.16. The molecule has 0 heterocycles. The summed E-state index contributed by atoms with van der Waals surface area (Å²) in [5.41, 5.74) is -0.558. The molecule has 0 radical (unpaired) electrons. The largest absolute Gasteiger partial charge is 0.355 e. The fourth-order valence-electron chi connectivity index (χ4n) is 2.48. The SMILES string of the molecule is CN=C(NCC(C)(C)NS(C)(=O)=O)NC1CCCCC1.I. The predicted molar refractivity (Wildman–Crippen MR) is 98.8 cm³/mol. The zero-order chi connectivity index (χ0) is 15.2. The molecule has 0 bridgehead atoms. The summed E-state index contributed by atoms with van der Waals surface area (Å²) in [6.45, 7) is 4.16. The highest BCUT2D eigenvalue weighted by Gasteiger charge is 2.23. The van der Waals surface area contributed by atoms with Crippen LogP contribution in [-0.4, -0.2) is 45.8 Å². The van der Waals surface area contributed by atoms with Gasteiger partial charge in [-0.3, -0.25) is 4.99 Å². The molecule has 21 heavy (non-hydrogen) atoms. The van der Waals surface area contributed by atoms with Crippen LogP contribution in [-0.2, 0) is 10.0 Å². The minimum absolute atomic E-state index is 0. The fourth-order valence-corrected chi connectivity index (χ4v) is 3.55. The Kier molecular flexibility index (Phi) is 9.10. The van der Waals surface area contributed by atoms with Gasteiger partial charge in [-0.05, 0) is 26.7 Å². The molecule has 0 amide bonds. The van der Waals surface area contributed by atoms with Crippen molar-refractivity contribution in [2.45, 2.75) is 57.5 Å². The lowest BCUT2D eigenvalue weighted by Crippen LogP contribution is -2.54. The second-order valence-corrected chi connectivity index (χ2v) is 7.91. The van der Waals surface area contributed by atoms with Crippen molar-refractivity contribution in [3.05, 3.63) is 0 Å². The van der Waals surface area contributed by atoms with Gasteiger partial charge < -0.3 is 10.6 Å². The normalized spacial score (nSPS) is 18.0. The number of hydrogen-bond acceptors (Lipinski definition) is 3. The molecule has 0 aromatic heterocycles. The zero-order valence-electron chi connectivity index (χ0n) is 13.4. The molecular weight excluding hydrogens is 403 g/mol. The highest BCUT2D eigenvalue weighted by molar-refractivity contribution is 14.0. The molecular formula is C13H29IN4O2S. The van der Waals surface area contributed by atoms with Gasteiger partial charge in [-0.15, -0.1) is 24.0 Å². The van der Waals surface area contributed by atoms with E-state index >= 15 is 0 Å². The number of rotatable bonds is 5. The summed E-state index contributed by atoms with van der Waals surface area (Å²) in [4.78, 5) is 4.20. The maximum Gasteiger partial charge on any atom is 0.209 e. The van der Waals surface area contributed by atoms with Gasteiger partial charge in [-0.25, -0.2) is 13.1 Å². The molecule has 6 nitrogen and oxygen atoms in total. The first-order chi connectivity index (χ1) is 9.22. The van der Waals surface area contributed by atoms with E-state index in [9.17, 15) is 8.42 Å². The molecule has 0 aromatic carbocycles. The molecule has 0 unspecified atom stereocenters. The third kappa shape index (κ3) is 9.51. The van der Waals surface area contributed by atoms with Gasteiger partial charge in [0, 0.05) is 25.2 Å². The maximum atomic E-state index is 11.3. The lowest BCUT2D eigenvalue weighted by molar-refractivity contribution is 0.404. The van der Waals surface area contributed by atoms with Crippen molar-refractivity contribution >= 4 is 40.0 Å². The monoisotopic (exact) mass is 432 g/mol. The highest BCUT2D eigenvalue weighted by atomic mass is 127. The van der Waals surface area contributed by atoms with E-state index in [4.69, 9.17) is 0 Å². The molecule has 1 fully saturated rings. The van der Waals surface area contributed by atoms with Crippen LogP contribution in [0.3, 0.4) is 0 Å². The van der Waals surface area contributed by atoms with E-state index in [1.54, 1.807) is 7.05 Å². The Morgan fingerprint density at radius 1 is 1.24 bits per heavy atom. The minimum atomic E-state index is -3.21. The van der Waals surface area contributed by atoms with E-state index in [1.807, 2.05) is 13.8 Å². The number of nitrogens with one attached hydrogen (secondary N) is 3. The third-order valence-electron chi connectivity index (χ3n) is 3.33. The molecule has 0 aromatic rings.